The molecule has 126 valence electrons. The molecule has 1 aliphatic carbocycles. The highest BCUT2D eigenvalue weighted by atomic mass is 79.9. The average molecular weight is 397 g/mol. The zero-order chi connectivity index (χ0) is 17.4. The van der Waals surface area contributed by atoms with E-state index in [9.17, 15) is 4.79 Å². The molecule has 2 heterocycles. The Labute approximate surface area is 154 Å². The molecule has 1 aromatic carbocycles. The summed E-state index contributed by atoms with van der Waals surface area (Å²) in [6.07, 6.45) is 4.28. The number of carbonyl (C=O) groups is 1. The number of hydrogen-bond donors (Lipinski definition) is 1. The van der Waals surface area contributed by atoms with Crippen molar-refractivity contribution in [3.8, 4) is 5.82 Å². The standard InChI is InChI=1S/C19H17BrN4O/c1-12-5-7-21-18(9-12)24-17(6-8-22-24)23-19(25)16-11-15(16)13-3-2-4-14(20)10-13/h2-10,15-16H,11H2,1H3,(H,23,25)/t15-,16-/m0/s1. The number of halogens is 1. The summed E-state index contributed by atoms with van der Waals surface area (Å²) >= 11 is 3.49. The lowest BCUT2D eigenvalue weighted by atomic mass is 10.1. The summed E-state index contributed by atoms with van der Waals surface area (Å²) in [4.78, 5) is 16.9. The van der Waals surface area contributed by atoms with Crippen LogP contribution < -0.4 is 5.32 Å². The molecule has 0 radical (unpaired) electrons. The first kappa shape index (κ1) is 16.0. The van der Waals surface area contributed by atoms with Crippen molar-refractivity contribution in [1.29, 1.82) is 0 Å². The fraction of sp³-hybridized carbons (Fsp3) is 0.211. The molecular formula is C19H17BrN4O. The Morgan fingerprint density at radius 3 is 2.92 bits per heavy atom. The maximum atomic E-state index is 12.6. The van der Waals surface area contributed by atoms with Gasteiger partial charge in [-0.25, -0.2) is 4.98 Å². The average Bonchev–Trinajstić information content (AvgIpc) is 3.27. The monoisotopic (exact) mass is 396 g/mol. The van der Waals surface area contributed by atoms with Gasteiger partial charge in [-0.05, 0) is 54.7 Å². The Hall–Kier alpha value is -2.47. The van der Waals surface area contributed by atoms with Crippen molar-refractivity contribution in [2.45, 2.75) is 19.3 Å². The fourth-order valence-corrected chi connectivity index (χ4v) is 3.44. The quantitative estimate of drug-likeness (QED) is 0.722. The van der Waals surface area contributed by atoms with Crippen LogP contribution in [0.15, 0.2) is 59.3 Å². The molecule has 1 fully saturated rings. The van der Waals surface area contributed by atoms with Crippen LogP contribution in [0, 0.1) is 12.8 Å². The molecule has 1 aliphatic rings. The minimum absolute atomic E-state index is 0.00289. The van der Waals surface area contributed by atoms with Crippen molar-refractivity contribution in [2.75, 3.05) is 5.32 Å². The normalized spacial score (nSPS) is 18.8. The summed E-state index contributed by atoms with van der Waals surface area (Å²) in [5.74, 6) is 1.65. The second kappa shape index (κ2) is 6.44. The van der Waals surface area contributed by atoms with E-state index in [2.05, 4.69) is 43.5 Å². The minimum atomic E-state index is 0.00289. The predicted molar refractivity (Wildman–Crippen MR) is 99.7 cm³/mol. The number of nitrogens with zero attached hydrogens (tertiary/aromatic N) is 3. The molecule has 0 unspecified atom stereocenters. The van der Waals surface area contributed by atoms with Crippen LogP contribution in [0.25, 0.3) is 5.82 Å². The number of benzene rings is 1. The van der Waals surface area contributed by atoms with Gasteiger partial charge in [-0.3, -0.25) is 4.79 Å². The van der Waals surface area contributed by atoms with Crippen LogP contribution in [0.5, 0.6) is 0 Å². The first-order valence-corrected chi connectivity index (χ1v) is 8.94. The number of carbonyl (C=O) groups excluding carboxylic acids is 1. The topological polar surface area (TPSA) is 59.8 Å². The SMILES string of the molecule is Cc1ccnc(-n2nccc2NC(=O)[C@H]2C[C@H]2c2cccc(Br)c2)c1. The van der Waals surface area contributed by atoms with Gasteiger partial charge in [-0.2, -0.15) is 9.78 Å². The van der Waals surface area contributed by atoms with E-state index < -0.39 is 0 Å². The van der Waals surface area contributed by atoms with E-state index in [1.54, 1.807) is 23.1 Å². The van der Waals surface area contributed by atoms with Crippen LogP contribution in [0.3, 0.4) is 0 Å². The van der Waals surface area contributed by atoms with Crippen molar-refractivity contribution in [2.24, 2.45) is 5.92 Å². The Balaban J connectivity index is 1.49. The van der Waals surface area contributed by atoms with Crippen molar-refractivity contribution >= 4 is 27.7 Å². The van der Waals surface area contributed by atoms with Crippen molar-refractivity contribution in [1.82, 2.24) is 14.8 Å². The third-order valence-corrected chi connectivity index (χ3v) is 4.91. The van der Waals surface area contributed by atoms with Gasteiger partial charge in [0.05, 0.1) is 6.20 Å². The zero-order valence-electron chi connectivity index (χ0n) is 13.7. The summed E-state index contributed by atoms with van der Waals surface area (Å²) in [6, 6.07) is 13.8. The molecule has 4 rings (SSSR count). The van der Waals surface area contributed by atoms with Gasteiger partial charge in [0.2, 0.25) is 5.91 Å². The van der Waals surface area contributed by atoms with Crippen LogP contribution in [-0.4, -0.2) is 20.7 Å². The van der Waals surface area contributed by atoms with Crippen molar-refractivity contribution in [3.63, 3.8) is 0 Å². The number of aryl methyl sites for hydroxylation is 1. The maximum Gasteiger partial charge on any atom is 0.229 e. The predicted octanol–water partition coefficient (Wildman–Crippen LogP) is 4.08. The molecule has 1 N–H and O–H groups in total. The summed E-state index contributed by atoms with van der Waals surface area (Å²) in [7, 11) is 0. The van der Waals surface area contributed by atoms with E-state index in [1.807, 2.05) is 31.2 Å². The van der Waals surface area contributed by atoms with Crippen LogP contribution in [-0.2, 0) is 4.79 Å². The third-order valence-electron chi connectivity index (χ3n) is 4.42. The number of hydrogen-bond acceptors (Lipinski definition) is 3. The molecule has 0 spiro atoms. The molecule has 2 aromatic heterocycles. The fourth-order valence-electron chi connectivity index (χ4n) is 3.03. The minimum Gasteiger partial charge on any atom is -0.310 e. The Kier molecular flexibility index (Phi) is 4.13. The van der Waals surface area contributed by atoms with Crippen molar-refractivity contribution in [3.05, 3.63) is 70.5 Å². The molecule has 0 saturated heterocycles. The van der Waals surface area contributed by atoms with Crippen LogP contribution in [0.4, 0.5) is 5.82 Å². The highest BCUT2D eigenvalue weighted by Crippen LogP contribution is 2.48. The van der Waals surface area contributed by atoms with Gasteiger partial charge in [0.25, 0.3) is 0 Å². The van der Waals surface area contributed by atoms with Crippen LogP contribution >= 0.6 is 15.9 Å². The Morgan fingerprint density at radius 2 is 2.12 bits per heavy atom. The van der Waals surface area contributed by atoms with E-state index in [-0.39, 0.29) is 17.7 Å². The van der Waals surface area contributed by atoms with Crippen LogP contribution in [0.2, 0.25) is 0 Å². The first-order chi connectivity index (χ1) is 12.1. The molecule has 2 atom stereocenters. The van der Waals surface area contributed by atoms with Gasteiger partial charge in [-0.15, -0.1) is 0 Å². The van der Waals surface area contributed by atoms with Crippen molar-refractivity contribution < 1.29 is 4.79 Å². The smallest absolute Gasteiger partial charge is 0.229 e. The van der Waals surface area contributed by atoms with E-state index >= 15 is 0 Å². The summed E-state index contributed by atoms with van der Waals surface area (Å²) in [5, 5.41) is 7.28. The van der Waals surface area contributed by atoms with Gasteiger partial charge in [-0.1, -0.05) is 28.1 Å². The van der Waals surface area contributed by atoms with E-state index in [4.69, 9.17) is 0 Å². The van der Waals surface area contributed by atoms with Gasteiger partial charge in [0.15, 0.2) is 5.82 Å². The molecule has 1 amide bonds. The number of amides is 1. The highest BCUT2D eigenvalue weighted by Gasteiger charge is 2.44. The lowest BCUT2D eigenvalue weighted by Crippen LogP contribution is -2.17. The number of rotatable bonds is 4. The zero-order valence-corrected chi connectivity index (χ0v) is 15.3. The third kappa shape index (κ3) is 3.35. The van der Waals surface area contributed by atoms with Crippen LogP contribution in [0.1, 0.15) is 23.5 Å². The molecule has 0 aliphatic heterocycles. The van der Waals surface area contributed by atoms with E-state index in [0.29, 0.717) is 11.6 Å². The molecule has 5 nitrogen and oxygen atoms in total. The maximum absolute atomic E-state index is 12.6. The van der Waals surface area contributed by atoms with Gasteiger partial charge in [0, 0.05) is 22.7 Å². The number of pyridine rings is 1. The molecule has 0 bridgehead atoms. The Morgan fingerprint density at radius 1 is 1.24 bits per heavy atom. The number of nitrogens with one attached hydrogen (secondary N) is 1. The number of anilines is 1. The Bertz CT molecular complexity index is 936. The lowest BCUT2D eigenvalue weighted by Gasteiger charge is -2.09. The summed E-state index contributed by atoms with van der Waals surface area (Å²) in [6.45, 7) is 2.00. The highest BCUT2D eigenvalue weighted by molar-refractivity contribution is 9.10. The first-order valence-electron chi connectivity index (χ1n) is 8.15. The molecule has 6 heteroatoms. The second-order valence-electron chi connectivity index (χ2n) is 6.31. The molecular weight excluding hydrogens is 380 g/mol. The lowest BCUT2D eigenvalue weighted by molar-refractivity contribution is -0.117. The molecule has 25 heavy (non-hydrogen) atoms. The largest absolute Gasteiger partial charge is 0.310 e. The summed E-state index contributed by atoms with van der Waals surface area (Å²) < 4.78 is 2.70. The van der Waals surface area contributed by atoms with E-state index in [0.717, 1.165) is 16.5 Å². The van der Waals surface area contributed by atoms with Gasteiger partial charge >= 0.3 is 0 Å². The van der Waals surface area contributed by atoms with Gasteiger partial charge in [0.1, 0.15) is 5.82 Å². The molecule has 1 saturated carbocycles. The summed E-state index contributed by atoms with van der Waals surface area (Å²) in [5.41, 5.74) is 2.29. The second-order valence-corrected chi connectivity index (χ2v) is 7.23. The number of aromatic nitrogens is 3. The van der Waals surface area contributed by atoms with E-state index in [1.165, 1.54) is 5.56 Å². The molecule has 3 aromatic rings. The van der Waals surface area contributed by atoms with Gasteiger partial charge < -0.3 is 5.32 Å².